The van der Waals surface area contributed by atoms with Gasteiger partial charge in [-0.05, 0) is 23.8 Å². The highest BCUT2D eigenvalue weighted by atomic mass is 35.5. The van der Waals surface area contributed by atoms with Gasteiger partial charge in [0.05, 0.1) is 6.42 Å². The van der Waals surface area contributed by atoms with Crippen LogP contribution in [0.2, 0.25) is 5.02 Å². The summed E-state index contributed by atoms with van der Waals surface area (Å²) < 4.78 is 13.4. The number of nitrogens with one attached hydrogen (secondary N) is 1. The van der Waals surface area contributed by atoms with Crippen LogP contribution >= 0.6 is 11.6 Å². The topological polar surface area (TPSA) is 29.1 Å². The molecule has 0 aliphatic heterocycles. The quantitative estimate of drug-likeness (QED) is 0.912. The predicted molar refractivity (Wildman–Crippen MR) is 73.4 cm³/mol. The monoisotopic (exact) mass is 277 g/mol. The summed E-state index contributed by atoms with van der Waals surface area (Å²) in [6.45, 7) is 0.187. The van der Waals surface area contributed by atoms with E-state index in [2.05, 4.69) is 5.32 Å². The molecule has 1 N–H and O–H groups in total. The summed E-state index contributed by atoms with van der Waals surface area (Å²) in [5, 5.41) is 3.28. The molecule has 0 aromatic heterocycles. The van der Waals surface area contributed by atoms with E-state index in [4.69, 9.17) is 11.6 Å². The van der Waals surface area contributed by atoms with Gasteiger partial charge in [-0.3, -0.25) is 4.79 Å². The molecule has 0 fully saturated rings. The van der Waals surface area contributed by atoms with Crippen molar-refractivity contribution in [1.29, 1.82) is 0 Å². The number of hydrogen-bond acceptors (Lipinski definition) is 1. The first-order valence-corrected chi connectivity index (χ1v) is 6.27. The normalized spacial score (nSPS) is 10.2. The van der Waals surface area contributed by atoms with E-state index in [0.717, 1.165) is 5.56 Å². The van der Waals surface area contributed by atoms with Gasteiger partial charge in [-0.2, -0.15) is 0 Å². The highest BCUT2D eigenvalue weighted by molar-refractivity contribution is 6.30. The fourth-order valence-corrected chi connectivity index (χ4v) is 1.94. The van der Waals surface area contributed by atoms with Gasteiger partial charge in [0.1, 0.15) is 5.82 Å². The molecule has 0 atom stereocenters. The summed E-state index contributed by atoms with van der Waals surface area (Å²) in [4.78, 5) is 11.7. The van der Waals surface area contributed by atoms with E-state index in [0.29, 0.717) is 10.6 Å². The van der Waals surface area contributed by atoms with Crippen LogP contribution in [0.1, 0.15) is 11.1 Å². The van der Waals surface area contributed by atoms with Crippen LogP contribution in [0.5, 0.6) is 0 Å². The lowest BCUT2D eigenvalue weighted by Gasteiger charge is -2.06. The Morgan fingerprint density at radius 2 is 1.95 bits per heavy atom. The molecule has 0 saturated carbocycles. The molecule has 0 radical (unpaired) electrons. The largest absolute Gasteiger partial charge is 0.352 e. The molecule has 19 heavy (non-hydrogen) atoms. The number of benzene rings is 2. The van der Waals surface area contributed by atoms with Crippen LogP contribution in [0.15, 0.2) is 48.5 Å². The highest BCUT2D eigenvalue weighted by Gasteiger charge is 2.05. The number of halogens is 2. The summed E-state index contributed by atoms with van der Waals surface area (Å²) in [5.74, 6) is -0.476. The van der Waals surface area contributed by atoms with E-state index in [-0.39, 0.29) is 24.7 Å². The van der Waals surface area contributed by atoms with Crippen molar-refractivity contribution in [3.8, 4) is 0 Å². The summed E-state index contributed by atoms with van der Waals surface area (Å²) >= 11 is 5.84. The Hall–Kier alpha value is -1.87. The van der Waals surface area contributed by atoms with E-state index < -0.39 is 0 Å². The number of rotatable bonds is 4. The number of amides is 1. The average molecular weight is 278 g/mol. The SMILES string of the molecule is O=C(Cc1cccc(Cl)c1)NCc1ccccc1F. The summed E-state index contributed by atoms with van der Waals surface area (Å²) in [6, 6.07) is 13.5. The van der Waals surface area contributed by atoms with E-state index in [9.17, 15) is 9.18 Å². The maximum Gasteiger partial charge on any atom is 0.224 e. The standard InChI is InChI=1S/C15H13ClFNO/c16-13-6-3-4-11(8-13)9-15(19)18-10-12-5-1-2-7-14(12)17/h1-8H,9-10H2,(H,18,19). The zero-order valence-corrected chi connectivity index (χ0v) is 11.0. The smallest absolute Gasteiger partial charge is 0.224 e. The zero-order valence-electron chi connectivity index (χ0n) is 10.2. The van der Waals surface area contributed by atoms with Crippen LogP contribution in [0.25, 0.3) is 0 Å². The van der Waals surface area contributed by atoms with Gasteiger partial charge >= 0.3 is 0 Å². The lowest BCUT2D eigenvalue weighted by Crippen LogP contribution is -2.24. The molecule has 2 aromatic carbocycles. The van der Waals surface area contributed by atoms with E-state index >= 15 is 0 Å². The van der Waals surface area contributed by atoms with Crippen molar-refractivity contribution in [1.82, 2.24) is 5.32 Å². The average Bonchev–Trinajstić information content (AvgIpc) is 2.38. The zero-order chi connectivity index (χ0) is 13.7. The molecule has 98 valence electrons. The Morgan fingerprint density at radius 3 is 2.68 bits per heavy atom. The van der Waals surface area contributed by atoms with Gasteiger partial charge in [-0.25, -0.2) is 4.39 Å². The third-order valence-corrected chi connectivity index (χ3v) is 2.92. The molecular weight excluding hydrogens is 265 g/mol. The van der Waals surface area contributed by atoms with Gasteiger partial charge in [0.25, 0.3) is 0 Å². The second-order valence-electron chi connectivity index (χ2n) is 4.17. The van der Waals surface area contributed by atoms with Crippen LogP contribution in [0, 0.1) is 5.82 Å². The minimum atomic E-state index is -0.314. The second kappa shape index (κ2) is 6.34. The third-order valence-electron chi connectivity index (χ3n) is 2.69. The molecule has 0 heterocycles. The molecule has 0 aliphatic carbocycles. The molecule has 0 unspecified atom stereocenters. The van der Waals surface area contributed by atoms with Gasteiger partial charge in [-0.1, -0.05) is 41.9 Å². The Kier molecular flexibility index (Phi) is 4.53. The van der Waals surface area contributed by atoms with Gasteiger partial charge in [0.15, 0.2) is 0 Å². The molecule has 4 heteroatoms. The van der Waals surface area contributed by atoms with Crippen molar-refractivity contribution in [3.63, 3.8) is 0 Å². The van der Waals surface area contributed by atoms with Crippen LogP contribution in [-0.2, 0) is 17.8 Å². The third kappa shape index (κ3) is 4.07. The Morgan fingerprint density at radius 1 is 1.16 bits per heavy atom. The molecule has 0 aliphatic rings. The fraction of sp³-hybridized carbons (Fsp3) is 0.133. The number of hydrogen-bond donors (Lipinski definition) is 1. The molecule has 2 aromatic rings. The van der Waals surface area contributed by atoms with Gasteiger partial charge < -0.3 is 5.32 Å². The van der Waals surface area contributed by atoms with Crippen LogP contribution in [0.3, 0.4) is 0 Å². The summed E-state index contributed by atoms with van der Waals surface area (Å²) in [6.07, 6.45) is 0.231. The van der Waals surface area contributed by atoms with Crippen molar-refractivity contribution in [2.75, 3.05) is 0 Å². The maximum atomic E-state index is 13.4. The summed E-state index contributed by atoms with van der Waals surface area (Å²) in [7, 11) is 0. The first-order chi connectivity index (χ1) is 9.15. The first-order valence-electron chi connectivity index (χ1n) is 5.90. The molecular formula is C15H13ClFNO. The van der Waals surface area contributed by atoms with Crippen molar-refractivity contribution in [3.05, 3.63) is 70.5 Å². The number of carbonyl (C=O) groups excluding carboxylic acids is 1. The molecule has 1 amide bonds. The highest BCUT2D eigenvalue weighted by Crippen LogP contribution is 2.11. The molecule has 0 saturated heterocycles. The predicted octanol–water partition coefficient (Wildman–Crippen LogP) is 3.34. The lowest BCUT2D eigenvalue weighted by molar-refractivity contribution is -0.120. The van der Waals surface area contributed by atoms with Gasteiger partial charge in [-0.15, -0.1) is 0 Å². The molecule has 0 spiro atoms. The molecule has 0 bridgehead atoms. The first kappa shape index (κ1) is 13.6. The lowest BCUT2D eigenvalue weighted by atomic mass is 10.1. The molecule has 2 rings (SSSR count). The van der Waals surface area contributed by atoms with Crippen molar-refractivity contribution >= 4 is 17.5 Å². The maximum absolute atomic E-state index is 13.4. The van der Waals surface area contributed by atoms with E-state index in [1.807, 2.05) is 6.07 Å². The minimum Gasteiger partial charge on any atom is -0.352 e. The second-order valence-corrected chi connectivity index (χ2v) is 4.61. The molecule has 2 nitrogen and oxygen atoms in total. The van der Waals surface area contributed by atoms with Crippen molar-refractivity contribution < 1.29 is 9.18 Å². The van der Waals surface area contributed by atoms with Gasteiger partial charge in [0, 0.05) is 17.1 Å². The van der Waals surface area contributed by atoms with E-state index in [1.54, 1.807) is 36.4 Å². The summed E-state index contributed by atoms with van der Waals surface area (Å²) in [5.41, 5.74) is 1.31. The Bertz CT molecular complexity index is 586. The minimum absolute atomic E-state index is 0.162. The fourth-order valence-electron chi connectivity index (χ4n) is 1.73. The Balaban J connectivity index is 1.90. The van der Waals surface area contributed by atoms with Crippen molar-refractivity contribution in [2.24, 2.45) is 0 Å². The van der Waals surface area contributed by atoms with Crippen LogP contribution in [-0.4, -0.2) is 5.91 Å². The van der Waals surface area contributed by atoms with Crippen LogP contribution < -0.4 is 5.32 Å². The van der Waals surface area contributed by atoms with Crippen molar-refractivity contribution in [2.45, 2.75) is 13.0 Å². The van der Waals surface area contributed by atoms with E-state index in [1.165, 1.54) is 6.07 Å². The number of carbonyl (C=O) groups is 1. The van der Waals surface area contributed by atoms with Gasteiger partial charge in [0.2, 0.25) is 5.91 Å². The Labute approximate surface area is 116 Å². The van der Waals surface area contributed by atoms with Crippen LogP contribution in [0.4, 0.5) is 4.39 Å².